The molecule has 0 aliphatic heterocycles. The van der Waals surface area contributed by atoms with Crippen LogP contribution in [0.1, 0.15) is 131 Å². The fraction of sp³-hybridized carbons (Fsp3) is 0.455. The lowest BCUT2D eigenvalue weighted by atomic mass is 9.86. The van der Waals surface area contributed by atoms with E-state index in [0.717, 1.165) is 17.7 Å². The van der Waals surface area contributed by atoms with Gasteiger partial charge in [-0.05, 0) is 88.1 Å². The third kappa shape index (κ3) is 6.24. The summed E-state index contributed by atoms with van der Waals surface area (Å²) in [6.07, 6.45) is 0.890. The summed E-state index contributed by atoms with van der Waals surface area (Å²) < 4.78 is 0. The summed E-state index contributed by atoms with van der Waals surface area (Å²) in [4.78, 5) is 0. The van der Waals surface area contributed by atoms with Crippen LogP contribution in [0.15, 0.2) is 48.5 Å². The second kappa shape index (κ2) is 11.4. The average molecular weight is 487 g/mol. The minimum absolute atomic E-state index is 0.0808. The fourth-order valence-corrected chi connectivity index (χ4v) is 5.08. The van der Waals surface area contributed by atoms with Crippen molar-refractivity contribution in [3.8, 4) is 5.75 Å². The Kier molecular flexibility index (Phi) is 8.76. The maximum Gasteiger partial charge on any atom is 0.115 e. The van der Waals surface area contributed by atoms with Gasteiger partial charge in [0.25, 0.3) is 0 Å². The highest BCUT2D eigenvalue weighted by atomic mass is 16.3. The van der Waals surface area contributed by atoms with Gasteiger partial charge in [0.2, 0.25) is 0 Å². The molecule has 0 amide bonds. The molecule has 0 fully saturated rings. The first-order chi connectivity index (χ1) is 16.9. The molecule has 0 aromatic heterocycles. The number of phenolic OH excluding ortho intramolecular Hbond substituents is 1. The van der Waals surface area contributed by atoms with Crippen LogP contribution in [0, 0.1) is 0 Å². The zero-order chi connectivity index (χ0) is 26.7. The number of phenols is 1. The van der Waals surface area contributed by atoms with Gasteiger partial charge in [-0.25, -0.2) is 0 Å². The molecule has 36 heavy (non-hydrogen) atoms. The van der Waals surface area contributed by atoms with Crippen molar-refractivity contribution < 1.29 is 5.11 Å². The minimum Gasteiger partial charge on any atom is -0.508 e. The van der Waals surface area contributed by atoms with Crippen LogP contribution >= 0.6 is 0 Å². The zero-order valence-electron chi connectivity index (χ0n) is 23.7. The smallest absolute Gasteiger partial charge is 0.115 e. The van der Waals surface area contributed by atoms with Crippen LogP contribution in [0.3, 0.4) is 0 Å². The van der Waals surface area contributed by atoms with E-state index < -0.39 is 0 Å². The first-order valence-electron chi connectivity index (χ1n) is 13.5. The highest BCUT2D eigenvalue weighted by Gasteiger charge is 2.20. The second-order valence-electron chi connectivity index (χ2n) is 11.6. The van der Waals surface area contributed by atoms with E-state index in [9.17, 15) is 5.11 Å². The summed E-state index contributed by atoms with van der Waals surface area (Å²) >= 11 is 0. The van der Waals surface area contributed by atoms with E-state index in [0.29, 0.717) is 29.4 Å². The number of nitrogens with one attached hydrogen (secondary N) is 1. The van der Waals surface area contributed by atoms with Crippen molar-refractivity contribution in [2.75, 3.05) is 11.1 Å². The number of anilines is 2. The van der Waals surface area contributed by atoms with Crippen LogP contribution in [0.4, 0.5) is 11.4 Å². The molecule has 3 aromatic carbocycles. The quantitative estimate of drug-likeness (QED) is 0.264. The van der Waals surface area contributed by atoms with Gasteiger partial charge in [-0.1, -0.05) is 91.8 Å². The number of aromatic hydroxyl groups is 1. The molecule has 0 bridgehead atoms. The first-order valence-corrected chi connectivity index (χ1v) is 13.5. The summed E-state index contributed by atoms with van der Waals surface area (Å²) in [6, 6.07) is 17.0. The van der Waals surface area contributed by atoms with E-state index >= 15 is 0 Å². The average Bonchev–Trinajstić information content (AvgIpc) is 2.79. The third-order valence-electron chi connectivity index (χ3n) is 7.19. The van der Waals surface area contributed by atoms with Gasteiger partial charge in [0.1, 0.15) is 5.75 Å². The Morgan fingerprint density at radius 1 is 0.667 bits per heavy atom. The molecule has 0 aliphatic rings. The van der Waals surface area contributed by atoms with Crippen LogP contribution in [0.5, 0.6) is 5.75 Å². The second-order valence-corrected chi connectivity index (χ2v) is 11.6. The molecule has 3 aromatic rings. The van der Waals surface area contributed by atoms with Gasteiger partial charge in [0.15, 0.2) is 0 Å². The van der Waals surface area contributed by atoms with Crippen LogP contribution in [0.25, 0.3) is 0 Å². The summed E-state index contributed by atoms with van der Waals surface area (Å²) in [7, 11) is 0. The molecular weight excluding hydrogens is 440 g/mol. The Balaban J connectivity index is 2.07. The van der Waals surface area contributed by atoms with Crippen LogP contribution in [-0.2, 0) is 6.42 Å². The van der Waals surface area contributed by atoms with Crippen molar-refractivity contribution in [2.24, 2.45) is 0 Å². The molecular formula is C33H46N2O. The Hall–Kier alpha value is -2.94. The van der Waals surface area contributed by atoms with E-state index in [-0.39, 0.29) is 6.04 Å². The van der Waals surface area contributed by atoms with Gasteiger partial charge >= 0.3 is 0 Å². The molecule has 3 nitrogen and oxygen atoms in total. The largest absolute Gasteiger partial charge is 0.508 e. The molecule has 0 saturated carbocycles. The lowest BCUT2D eigenvalue weighted by Gasteiger charge is -2.26. The lowest BCUT2D eigenvalue weighted by Crippen LogP contribution is -2.13. The number of nitrogen functional groups attached to an aromatic ring is 1. The summed E-state index contributed by atoms with van der Waals surface area (Å²) in [5.74, 6) is 1.85. The highest BCUT2D eigenvalue weighted by Crippen LogP contribution is 2.38. The Morgan fingerprint density at radius 3 is 1.53 bits per heavy atom. The number of rotatable bonds is 9. The van der Waals surface area contributed by atoms with Crippen molar-refractivity contribution in [3.05, 3.63) is 87.5 Å². The number of nitrogens with two attached hydrogens (primary N) is 1. The van der Waals surface area contributed by atoms with Crippen LogP contribution < -0.4 is 11.1 Å². The van der Waals surface area contributed by atoms with E-state index in [2.05, 4.69) is 98.0 Å². The van der Waals surface area contributed by atoms with E-state index in [1.54, 1.807) is 6.07 Å². The number of hydrogen-bond acceptors (Lipinski definition) is 3. The van der Waals surface area contributed by atoms with Crippen LogP contribution in [-0.4, -0.2) is 5.11 Å². The van der Waals surface area contributed by atoms with E-state index in [4.69, 9.17) is 5.73 Å². The Bertz CT molecular complexity index is 1130. The molecule has 3 rings (SSSR count). The van der Waals surface area contributed by atoms with Gasteiger partial charge in [0, 0.05) is 17.4 Å². The predicted octanol–water partition coefficient (Wildman–Crippen LogP) is 9.23. The minimum atomic E-state index is 0.0808. The maximum atomic E-state index is 9.98. The van der Waals surface area contributed by atoms with Crippen molar-refractivity contribution in [1.29, 1.82) is 0 Å². The van der Waals surface area contributed by atoms with Gasteiger partial charge in [-0.3, -0.25) is 0 Å². The number of benzene rings is 3. The Morgan fingerprint density at radius 2 is 1.11 bits per heavy atom. The molecule has 3 heteroatoms. The summed E-state index contributed by atoms with van der Waals surface area (Å²) in [5.41, 5.74) is 17.7. The molecule has 194 valence electrons. The van der Waals surface area contributed by atoms with Gasteiger partial charge in [-0.15, -0.1) is 0 Å². The standard InChI is InChI=1S/C33H46N2O/c1-19(2)28-14-24(15-29(20(3)4)32(28)34)13-25-16-30(21(5)6)33(31(17-25)22(7)8)35-23(9)26-11-10-12-27(36)18-26/h10-12,14-23,35-36H,13,34H2,1-9H3. The van der Waals surface area contributed by atoms with Gasteiger partial charge in [-0.2, -0.15) is 0 Å². The van der Waals surface area contributed by atoms with Gasteiger partial charge in [0.05, 0.1) is 0 Å². The molecule has 4 N–H and O–H groups in total. The molecule has 0 heterocycles. The van der Waals surface area contributed by atoms with Crippen LogP contribution in [0.2, 0.25) is 0 Å². The van der Waals surface area contributed by atoms with Crippen molar-refractivity contribution in [3.63, 3.8) is 0 Å². The molecule has 0 radical (unpaired) electrons. The third-order valence-corrected chi connectivity index (χ3v) is 7.19. The molecule has 1 unspecified atom stereocenters. The normalized spacial score (nSPS) is 12.7. The predicted molar refractivity (Wildman–Crippen MR) is 157 cm³/mol. The fourth-order valence-electron chi connectivity index (χ4n) is 5.08. The monoisotopic (exact) mass is 486 g/mol. The lowest BCUT2D eigenvalue weighted by molar-refractivity contribution is 0.474. The van der Waals surface area contributed by atoms with Crippen molar-refractivity contribution >= 4 is 11.4 Å². The molecule has 0 spiro atoms. The van der Waals surface area contributed by atoms with Crippen molar-refractivity contribution in [1.82, 2.24) is 0 Å². The molecule has 0 saturated heterocycles. The van der Waals surface area contributed by atoms with E-state index in [1.807, 2.05) is 12.1 Å². The zero-order valence-corrected chi connectivity index (χ0v) is 23.7. The Labute approximate surface area is 219 Å². The van der Waals surface area contributed by atoms with Crippen molar-refractivity contribution in [2.45, 2.75) is 98.4 Å². The maximum absolute atomic E-state index is 9.98. The molecule has 0 aliphatic carbocycles. The topological polar surface area (TPSA) is 58.3 Å². The summed E-state index contributed by atoms with van der Waals surface area (Å²) in [6.45, 7) is 20.1. The summed E-state index contributed by atoms with van der Waals surface area (Å²) in [5, 5.41) is 13.8. The molecule has 1 atom stereocenters. The van der Waals surface area contributed by atoms with Gasteiger partial charge < -0.3 is 16.2 Å². The SMILES string of the molecule is CC(C)c1cc(Cc2cc(C(C)C)c(NC(C)c3cccc(O)c3)c(C(C)C)c2)cc(C(C)C)c1N. The van der Waals surface area contributed by atoms with E-state index in [1.165, 1.54) is 39.1 Å². The first kappa shape index (κ1) is 27.6. The highest BCUT2D eigenvalue weighted by molar-refractivity contribution is 5.64. The number of hydrogen-bond donors (Lipinski definition) is 3.